The van der Waals surface area contributed by atoms with Crippen molar-refractivity contribution >= 4 is 11.8 Å². The van der Waals surface area contributed by atoms with Crippen molar-refractivity contribution in [1.82, 2.24) is 0 Å². The zero-order chi connectivity index (χ0) is 8.43. The Labute approximate surface area is 69.2 Å². The van der Waals surface area contributed by atoms with Crippen molar-refractivity contribution in [1.29, 1.82) is 0 Å². The molecule has 0 aromatic rings. The predicted molar refractivity (Wildman–Crippen MR) is 41.3 cm³/mol. The lowest BCUT2D eigenvalue weighted by molar-refractivity contribution is -0.123. The van der Waals surface area contributed by atoms with Crippen LogP contribution in [-0.4, -0.2) is 51.9 Å². The Kier molecular flexibility index (Phi) is 3.15. The molecule has 0 aromatic carbocycles. The fraction of sp³-hybridized carbons (Fsp3) is 1.00. The Morgan fingerprint density at radius 1 is 1.27 bits per heavy atom. The third-order valence-electron chi connectivity index (χ3n) is 1.67. The molecule has 0 radical (unpaired) electrons. The first kappa shape index (κ1) is 9.28. The van der Waals surface area contributed by atoms with Gasteiger partial charge in [0.1, 0.15) is 12.2 Å². The molecular formula is C6H12O4S. The van der Waals surface area contributed by atoms with Gasteiger partial charge < -0.3 is 20.1 Å². The van der Waals surface area contributed by atoms with Gasteiger partial charge in [0.15, 0.2) is 6.29 Å². The van der Waals surface area contributed by atoms with Crippen LogP contribution in [0.3, 0.4) is 0 Å². The Morgan fingerprint density at radius 3 is 2.27 bits per heavy atom. The van der Waals surface area contributed by atoms with Gasteiger partial charge in [-0.2, -0.15) is 11.8 Å². The highest BCUT2D eigenvalue weighted by Gasteiger charge is 2.41. The molecule has 4 atom stereocenters. The number of aliphatic hydroxyl groups excluding tert-OH is 3. The average molecular weight is 180 g/mol. The zero-order valence-electron chi connectivity index (χ0n) is 6.17. The van der Waals surface area contributed by atoms with Crippen LogP contribution in [0.4, 0.5) is 0 Å². The van der Waals surface area contributed by atoms with E-state index in [0.717, 1.165) is 0 Å². The molecule has 1 aliphatic heterocycles. The number of rotatable bonds is 2. The van der Waals surface area contributed by atoms with Gasteiger partial charge in [0, 0.05) is 5.75 Å². The molecule has 0 amide bonds. The first-order valence-electron chi connectivity index (χ1n) is 3.35. The van der Waals surface area contributed by atoms with Crippen LogP contribution in [0.2, 0.25) is 0 Å². The summed E-state index contributed by atoms with van der Waals surface area (Å²) in [5, 5.41) is 27.2. The Bertz CT molecular complexity index is 132. The van der Waals surface area contributed by atoms with Crippen LogP contribution < -0.4 is 0 Å². The summed E-state index contributed by atoms with van der Waals surface area (Å²) in [7, 11) is 0. The van der Waals surface area contributed by atoms with Gasteiger partial charge in [-0.05, 0) is 6.26 Å². The second-order valence-electron chi connectivity index (χ2n) is 2.50. The summed E-state index contributed by atoms with van der Waals surface area (Å²) in [5.74, 6) is 0.579. The average Bonchev–Trinajstić information content (AvgIpc) is 2.19. The minimum absolute atomic E-state index is 0.449. The summed E-state index contributed by atoms with van der Waals surface area (Å²) < 4.78 is 4.86. The van der Waals surface area contributed by atoms with Crippen LogP contribution in [-0.2, 0) is 4.74 Å². The maximum absolute atomic E-state index is 9.21. The fourth-order valence-corrected chi connectivity index (χ4v) is 1.64. The van der Waals surface area contributed by atoms with Crippen molar-refractivity contribution in [2.75, 3.05) is 12.0 Å². The molecule has 4 nitrogen and oxygen atoms in total. The van der Waals surface area contributed by atoms with Crippen molar-refractivity contribution in [2.45, 2.75) is 24.6 Å². The molecule has 0 aliphatic carbocycles. The van der Waals surface area contributed by atoms with E-state index in [1.54, 1.807) is 0 Å². The Morgan fingerprint density at radius 2 is 1.91 bits per heavy atom. The van der Waals surface area contributed by atoms with Gasteiger partial charge in [-0.1, -0.05) is 0 Å². The van der Waals surface area contributed by atoms with Crippen LogP contribution in [0.15, 0.2) is 0 Å². The lowest BCUT2D eigenvalue weighted by Gasteiger charge is -2.11. The molecule has 1 fully saturated rings. The molecule has 11 heavy (non-hydrogen) atoms. The van der Waals surface area contributed by atoms with Crippen LogP contribution in [0.5, 0.6) is 0 Å². The zero-order valence-corrected chi connectivity index (χ0v) is 6.99. The molecule has 1 unspecified atom stereocenters. The SMILES string of the molecule is CSC[C@H]1O[C@H](O)[C@@H](O)C1O. The fourth-order valence-electron chi connectivity index (χ4n) is 1.03. The molecule has 1 rings (SSSR count). The van der Waals surface area contributed by atoms with E-state index in [-0.39, 0.29) is 0 Å². The van der Waals surface area contributed by atoms with Crippen LogP contribution in [0.1, 0.15) is 0 Å². The minimum Gasteiger partial charge on any atom is -0.387 e. The van der Waals surface area contributed by atoms with E-state index in [1.165, 1.54) is 11.8 Å². The number of thioether (sulfide) groups is 1. The van der Waals surface area contributed by atoms with Crippen molar-refractivity contribution in [2.24, 2.45) is 0 Å². The summed E-state index contributed by atoms with van der Waals surface area (Å²) in [4.78, 5) is 0. The highest BCUT2D eigenvalue weighted by atomic mass is 32.2. The highest BCUT2D eigenvalue weighted by molar-refractivity contribution is 7.98. The van der Waals surface area contributed by atoms with Gasteiger partial charge in [0.2, 0.25) is 0 Å². The van der Waals surface area contributed by atoms with Gasteiger partial charge in [-0.3, -0.25) is 0 Å². The molecular weight excluding hydrogens is 168 g/mol. The van der Waals surface area contributed by atoms with E-state index >= 15 is 0 Å². The van der Waals surface area contributed by atoms with E-state index in [1.807, 2.05) is 6.26 Å². The lowest BCUT2D eigenvalue weighted by Crippen LogP contribution is -2.33. The third-order valence-corrected chi connectivity index (χ3v) is 2.33. The molecule has 1 aliphatic rings. The largest absolute Gasteiger partial charge is 0.387 e. The second-order valence-corrected chi connectivity index (χ2v) is 3.41. The summed E-state index contributed by atoms with van der Waals surface area (Å²) >= 11 is 1.50. The van der Waals surface area contributed by atoms with Crippen LogP contribution in [0.25, 0.3) is 0 Å². The Hall–Kier alpha value is 0.190. The maximum atomic E-state index is 9.21. The summed E-state index contributed by atoms with van der Waals surface area (Å²) in [6, 6.07) is 0. The molecule has 0 bridgehead atoms. The van der Waals surface area contributed by atoms with E-state index in [2.05, 4.69) is 0 Å². The first-order valence-corrected chi connectivity index (χ1v) is 4.75. The van der Waals surface area contributed by atoms with Crippen molar-refractivity contribution in [3.8, 4) is 0 Å². The van der Waals surface area contributed by atoms with Crippen LogP contribution >= 0.6 is 11.8 Å². The topological polar surface area (TPSA) is 69.9 Å². The number of aliphatic hydroxyl groups is 3. The monoisotopic (exact) mass is 180 g/mol. The molecule has 3 N–H and O–H groups in total. The van der Waals surface area contributed by atoms with Crippen molar-refractivity contribution in [3.05, 3.63) is 0 Å². The van der Waals surface area contributed by atoms with Gasteiger partial charge in [-0.15, -0.1) is 0 Å². The first-order chi connectivity index (χ1) is 5.16. The lowest BCUT2D eigenvalue weighted by atomic mass is 10.2. The normalized spacial score (nSPS) is 44.7. The van der Waals surface area contributed by atoms with Gasteiger partial charge >= 0.3 is 0 Å². The molecule has 1 heterocycles. The second kappa shape index (κ2) is 3.73. The Balaban J connectivity index is 2.45. The molecule has 0 spiro atoms. The van der Waals surface area contributed by atoms with Gasteiger partial charge in [0.05, 0.1) is 6.10 Å². The van der Waals surface area contributed by atoms with Gasteiger partial charge in [0.25, 0.3) is 0 Å². The van der Waals surface area contributed by atoms with Crippen molar-refractivity contribution < 1.29 is 20.1 Å². The molecule has 0 aromatic heterocycles. The minimum atomic E-state index is -1.23. The van der Waals surface area contributed by atoms with Gasteiger partial charge in [-0.25, -0.2) is 0 Å². The van der Waals surface area contributed by atoms with E-state index in [9.17, 15) is 5.11 Å². The number of hydrogen-bond acceptors (Lipinski definition) is 5. The van der Waals surface area contributed by atoms with E-state index in [0.29, 0.717) is 5.75 Å². The van der Waals surface area contributed by atoms with E-state index < -0.39 is 24.6 Å². The third kappa shape index (κ3) is 1.86. The molecule has 1 saturated heterocycles. The molecule has 66 valence electrons. The number of hydrogen-bond donors (Lipinski definition) is 3. The predicted octanol–water partition coefficient (Wildman–Crippen LogP) is -1.21. The molecule has 0 saturated carbocycles. The standard InChI is InChI=1S/C6H12O4S/c1-11-2-3-4(7)5(8)6(9)10-3/h3-9H,2H2,1H3/t3-,4?,5+,6+/m1/s1. The van der Waals surface area contributed by atoms with Crippen molar-refractivity contribution in [3.63, 3.8) is 0 Å². The quantitative estimate of drug-likeness (QED) is 0.497. The summed E-state index contributed by atoms with van der Waals surface area (Å²) in [6.07, 6.45) is -1.94. The number of ether oxygens (including phenoxy) is 1. The summed E-state index contributed by atoms with van der Waals surface area (Å²) in [6.45, 7) is 0. The smallest absolute Gasteiger partial charge is 0.183 e. The highest BCUT2D eigenvalue weighted by Crippen LogP contribution is 2.21. The summed E-state index contributed by atoms with van der Waals surface area (Å²) in [5.41, 5.74) is 0. The van der Waals surface area contributed by atoms with Crippen LogP contribution in [0, 0.1) is 0 Å². The molecule has 5 heteroatoms. The van der Waals surface area contributed by atoms with E-state index in [4.69, 9.17) is 14.9 Å². The maximum Gasteiger partial charge on any atom is 0.183 e.